The third kappa shape index (κ3) is 2.15. The maximum absolute atomic E-state index is 6.33. The van der Waals surface area contributed by atoms with Gasteiger partial charge >= 0.3 is 0 Å². The molecular formula is C14H16ClN3. The summed E-state index contributed by atoms with van der Waals surface area (Å²) in [6, 6.07) is 8.05. The molecule has 1 saturated heterocycles. The van der Waals surface area contributed by atoms with Crippen molar-refractivity contribution in [1.29, 1.82) is 0 Å². The molecule has 2 atom stereocenters. The second-order valence-electron chi connectivity index (χ2n) is 4.96. The van der Waals surface area contributed by atoms with Crippen LogP contribution in [0.1, 0.15) is 13.3 Å². The van der Waals surface area contributed by atoms with Gasteiger partial charge in [0.25, 0.3) is 0 Å². The standard InChI is InChI=1S/C14H16ClN3/c1-10-6-7-18(9-12(10)15)14-16-8-11-4-2-3-5-13(11)17-14/h2-5,8,10,12H,6-7,9H2,1H3. The van der Waals surface area contributed by atoms with E-state index in [9.17, 15) is 0 Å². The van der Waals surface area contributed by atoms with Gasteiger partial charge in [-0.25, -0.2) is 9.97 Å². The minimum atomic E-state index is 0.189. The zero-order valence-corrected chi connectivity index (χ0v) is 11.1. The van der Waals surface area contributed by atoms with Crippen LogP contribution in [0.15, 0.2) is 30.5 Å². The Morgan fingerprint density at radius 1 is 1.33 bits per heavy atom. The second kappa shape index (κ2) is 4.73. The molecule has 1 aromatic carbocycles. The average molecular weight is 262 g/mol. The number of aromatic nitrogens is 2. The highest BCUT2D eigenvalue weighted by Crippen LogP contribution is 2.25. The van der Waals surface area contributed by atoms with Gasteiger partial charge in [0.2, 0.25) is 5.95 Å². The predicted molar refractivity (Wildman–Crippen MR) is 75.2 cm³/mol. The molecule has 0 bridgehead atoms. The van der Waals surface area contributed by atoms with Crippen molar-refractivity contribution in [1.82, 2.24) is 9.97 Å². The topological polar surface area (TPSA) is 29.0 Å². The highest BCUT2D eigenvalue weighted by molar-refractivity contribution is 6.21. The van der Waals surface area contributed by atoms with Crippen molar-refractivity contribution in [2.24, 2.45) is 5.92 Å². The molecule has 0 amide bonds. The predicted octanol–water partition coefficient (Wildman–Crippen LogP) is 3.08. The van der Waals surface area contributed by atoms with Gasteiger partial charge in [-0.05, 0) is 18.4 Å². The molecule has 2 heterocycles. The molecule has 0 N–H and O–H groups in total. The number of anilines is 1. The lowest BCUT2D eigenvalue weighted by Crippen LogP contribution is -2.41. The lowest BCUT2D eigenvalue weighted by molar-refractivity contribution is 0.442. The first kappa shape index (κ1) is 11.7. The van der Waals surface area contributed by atoms with E-state index in [-0.39, 0.29) is 5.38 Å². The molecule has 94 valence electrons. The number of para-hydroxylation sites is 1. The largest absolute Gasteiger partial charge is 0.339 e. The van der Waals surface area contributed by atoms with Crippen molar-refractivity contribution in [3.05, 3.63) is 30.5 Å². The molecule has 1 aromatic heterocycles. The van der Waals surface area contributed by atoms with Crippen LogP contribution < -0.4 is 4.90 Å². The molecule has 4 heteroatoms. The summed E-state index contributed by atoms with van der Waals surface area (Å²) in [5, 5.41) is 1.27. The molecule has 0 radical (unpaired) electrons. The van der Waals surface area contributed by atoms with E-state index in [1.165, 1.54) is 0 Å². The van der Waals surface area contributed by atoms with Crippen LogP contribution in [0.4, 0.5) is 5.95 Å². The number of piperidine rings is 1. The number of hydrogen-bond donors (Lipinski definition) is 0. The van der Waals surface area contributed by atoms with E-state index in [4.69, 9.17) is 11.6 Å². The molecule has 0 spiro atoms. The van der Waals surface area contributed by atoms with E-state index in [2.05, 4.69) is 21.8 Å². The molecule has 1 aliphatic heterocycles. The van der Waals surface area contributed by atoms with Gasteiger partial charge in [0.1, 0.15) is 0 Å². The summed E-state index contributed by atoms with van der Waals surface area (Å²) < 4.78 is 0. The van der Waals surface area contributed by atoms with Crippen LogP contribution in [0.5, 0.6) is 0 Å². The van der Waals surface area contributed by atoms with Gasteiger partial charge in [-0.3, -0.25) is 0 Å². The van der Waals surface area contributed by atoms with Crippen molar-refractivity contribution >= 4 is 28.5 Å². The van der Waals surface area contributed by atoms with Crippen LogP contribution >= 0.6 is 11.6 Å². The zero-order valence-electron chi connectivity index (χ0n) is 10.4. The summed E-state index contributed by atoms with van der Waals surface area (Å²) in [6.07, 6.45) is 2.99. The van der Waals surface area contributed by atoms with Gasteiger partial charge in [0.15, 0.2) is 0 Å². The Morgan fingerprint density at radius 2 is 2.17 bits per heavy atom. The first-order valence-corrected chi connectivity index (χ1v) is 6.78. The third-order valence-electron chi connectivity index (χ3n) is 3.63. The number of benzene rings is 1. The first-order valence-electron chi connectivity index (χ1n) is 6.35. The van der Waals surface area contributed by atoms with Crippen LogP contribution in [0.25, 0.3) is 10.9 Å². The summed E-state index contributed by atoms with van der Waals surface area (Å²) in [6.45, 7) is 4.03. The number of rotatable bonds is 1. The Hall–Kier alpha value is -1.35. The quantitative estimate of drug-likeness (QED) is 0.739. The number of fused-ring (bicyclic) bond motifs is 1. The molecule has 2 aromatic rings. The van der Waals surface area contributed by atoms with Crippen molar-refractivity contribution in [2.75, 3.05) is 18.0 Å². The smallest absolute Gasteiger partial charge is 0.225 e. The Balaban J connectivity index is 1.90. The van der Waals surface area contributed by atoms with Crippen molar-refractivity contribution < 1.29 is 0 Å². The first-order chi connectivity index (χ1) is 8.74. The van der Waals surface area contributed by atoms with E-state index in [0.717, 1.165) is 36.4 Å². The summed E-state index contributed by atoms with van der Waals surface area (Å²) in [7, 11) is 0. The minimum Gasteiger partial charge on any atom is -0.339 e. The third-order valence-corrected chi connectivity index (χ3v) is 4.19. The molecule has 3 rings (SSSR count). The van der Waals surface area contributed by atoms with E-state index in [0.29, 0.717) is 5.92 Å². The van der Waals surface area contributed by atoms with E-state index in [1.807, 2.05) is 30.5 Å². The van der Waals surface area contributed by atoms with Crippen LogP contribution in [-0.4, -0.2) is 28.4 Å². The van der Waals surface area contributed by atoms with Gasteiger partial charge in [-0.15, -0.1) is 11.6 Å². The van der Waals surface area contributed by atoms with E-state index >= 15 is 0 Å². The molecule has 1 fully saturated rings. The summed E-state index contributed by atoms with van der Waals surface area (Å²) >= 11 is 6.33. The lowest BCUT2D eigenvalue weighted by Gasteiger charge is -2.33. The average Bonchev–Trinajstić information content (AvgIpc) is 2.41. The Labute approximate surface area is 112 Å². The number of alkyl halides is 1. The Bertz CT molecular complexity index is 557. The van der Waals surface area contributed by atoms with Crippen LogP contribution in [0.3, 0.4) is 0 Å². The van der Waals surface area contributed by atoms with Gasteiger partial charge in [0.05, 0.1) is 10.9 Å². The molecule has 3 nitrogen and oxygen atoms in total. The summed E-state index contributed by atoms with van der Waals surface area (Å²) in [4.78, 5) is 11.2. The fourth-order valence-electron chi connectivity index (χ4n) is 2.32. The van der Waals surface area contributed by atoms with E-state index < -0.39 is 0 Å². The lowest BCUT2D eigenvalue weighted by atomic mass is 9.99. The van der Waals surface area contributed by atoms with Crippen LogP contribution in [0, 0.1) is 5.92 Å². The maximum Gasteiger partial charge on any atom is 0.225 e. The van der Waals surface area contributed by atoms with Crippen LogP contribution in [-0.2, 0) is 0 Å². The Morgan fingerprint density at radius 3 is 3.00 bits per heavy atom. The summed E-state index contributed by atoms with van der Waals surface area (Å²) in [5.41, 5.74) is 0.993. The monoisotopic (exact) mass is 261 g/mol. The maximum atomic E-state index is 6.33. The van der Waals surface area contributed by atoms with Gasteiger partial charge in [-0.2, -0.15) is 0 Å². The molecule has 0 saturated carbocycles. The van der Waals surface area contributed by atoms with Crippen molar-refractivity contribution in [3.8, 4) is 0 Å². The highest BCUT2D eigenvalue weighted by atomic mass is 35.5. The fourth-order valence-corrected chi connectivity index (χ4v) is 2.61. The zero-order chi connectivity index (χ0) is 12.5. The SMILES string of the molecule is CC1CCN(c2ncc3ccccc3n2)CC1Cl. The minimum absolute atomic E-state index is 0.189. The molecule has 0 aliphatic carbocycles. The molecule has 2 unspecified atom stereocenters. The molecule has 18 heavy (non-hydrogen) atoms. The number of hydrogen-bond acceptors (Lipinski definition) is 3. The second-order valence-corrected chi connectivity index (χ2v) is 5.52. The summed E-state index contributed by atoms with van der Waals surface area (Å²) in [5.74, 6) is 1.37. The van der Waals surface area contributed by atoms with Gasteiger partial charge < -0.3 is 4.90 Å². The van der Waals surface area contributed by atoms with Gasteiger partial charge in [-0.1, -0.05) is 25.1 Å². The van der Waals surface area contributed by atoms with Crippen molar-refractivity contribution in [2.45, 2.75) is 18.7 Å². The van der Waals surface area contributed by atoms with Crippen molar-refractivity contribution in [3.63, 3.8) is 0 Å². The molecular weight excluding hydrogens is 246 g/mol. The fraction of sp³-hybridized carbons (Fsp3) is 0.429. The normalized spacial score (nSPS) is 24.4. The Kier molecular flexibility index (Phi) is 3.08. The number of halogens is 1. The highest BCUT2D eigenvalue weighted by Gasteiger charge is 2.25. The number of nitrogens with zero attached hydrogens (tertiary/aromatic N) is 3. The van der Waals surface area contributed by atoms with Crippen LogP contribution in [0.2, 0.25) is 0 Å². The molecule has 1 aliphatic rings. The van der Waals surface area contributed by atoms with Gasteiger partial charge in [0, 0.05) is 24.7 Å². The van der Waals surface area contributed by atoms with E-state index in [1.54, 1.807) is 0 Å².